The van der Waals surface area contributed by atoms with Gasteiger partial charge in [-0.2, -0.15) is 8.42 Å². The first-order valence-electron chi connectivity index (χ1n) is 6.77. The van der Waals surface area contributed by atoms with Gasteiger partial charge in [-0.25, -0.2) is 9.18 Å². The minimum Gasteiger partial charge on any atom is -0.444 e. The fourth-order valence-electron chi connectivity index (χ4n) is 1.77. The van der Waals surface area contributed by atoms with Crippen LogP contribution in [0.1, 0.15) is 38.8 Å². The summed E-state index contributed by atoms with van der Waals surface area (Å²) in [6, 6.07) is 2.94. The second kappa shape index (κ2) is 7.46. The van der Waals surface area contributed by atoms with Crippen LogP contribution >= 0.6 is 11.6 Å². The second-order valence-corrected chi connectivity index (χ2v) is 7.93. The van der Waals surface area contributed by atoms with Crippen LogP contribution in [0, 0.1) is 5.82 Å². The summed E-state index contributed by atoms with van der Waals surface area (Å²) in [5, 5.41) is 2.33. The summed E-state index contributed by atoms with van der Waals surface area (Å²) in [4.78, 5) is 11.9. The zero-order valence-corrected chi connectivity index (χ0v) is 14.5. The number of halogens is 2. The molecule has 1 aromatic rings. The van der Waals surface area contributed by atoms with Gasteiger partial charge in [-0.3, -0.25) is 4.55 Å². The van der Waals surface area contributed by atoms with Gasteiger partial charge >= 0.3 is 6.09 Å². The molecule has 0 saturated heterocycles. The quantitative estimate of drug-likeness (QED) is 0.779. The van der Waals surface area contributed by atoms with E-state index in [0.717, 1.165) is 6.07 Å². The summed E-state index contributed by atoms with van der Waals surface area (Å²) in [5.41, 5.74) is -0.344. The molecule has 0 aliphatic carbocycles. The van der Waals surface area contributed by atoms with Gasteiger partial charge in [0.05, 0.1) is 16.8 Å². The van der Waals surface area contributed by atoms with E-state index in [1.807, 2.05) is 0 Å². The highest BCUT2D eigenvalue weighted by Gasteiger charge is 2.22. The Bertz CT molecular complexity index is 672. The third-order valence-corrected chi connectivity index (χ3v) is 3.74. The van der Waals surface area contributed by atoms with Crippen molar-refractivity contribution in [1.29, 1.82) is 0 Å². The predicted molar refractivity (Wildman–Crippen MR) is 84.6 cm³/mol. The summed E-state index contributed by atoms with van der Waals surface area (Å²) >= 11 is 5.70. The number of hydrogen-bond donors (Lipinski definition) is 2. The molecule has 9 heteroatoms. The SMILES string of the molecule is CC(C)(C)OC(=O)N[C@@H](CCS(=O)(=O)O)c1ccc(F)c(Cl)c1. The van der Waals surface area contributed by atoms with Gasteiger partial charge in [0.15, 0.2) is 0 Å². The van der Waals surface area contributed by atoms with Gasteiger partial charge in [0.2, 0.25) is 0 Å². The van der Waals surface area contributed by atoms with Crippen molar-refractivity contribution in [1.82, 2.24) is 5.32 Å². The third-order valence-electron chi connectivity index (χ3n) is 2.70. The molecule has 1 aromatic carbocycles. The Morgan fingerprint density at radius 2 is 2.04 bits per heavy atom. The number of alkyl carbamates (subject to hydrolysis) is 1. The lowest BCUT2D eigenvalue weighted by atomic mass is 10.0. The number of amides is 1. The van der Waals surface area contributed by atoms with Crippen LogP contribution in [0.5, 0.6) is 0 Å². The monoisotopic (exact) mass is 367 g/mol. The lowest BCUT2D eigenvalue weighted by Crippen LogP contribution is -2.35. The molecular weight excluding hydrogens is 349 g/mol. The molecule has 0 bridgehead atoms. The molecule has 1 atom stereocenters. The molecule has 23 heavy (non-hydrogen) atoms. The van der Waals surface area contributed by atoms with Crippen LogP contribution in [0.2, 0.25) is 5.02 Å². The molecule has 0 aliphatic rings. The van der Waals surface area contributed by atoms with E-state index in [1.54, 1.807) is 20.8 Å². The van der Waals surface area contributed by atoms with Gasteiger partial charge in [0.25, 0.3) is 10.1 Å². The molecule has 0 aromatic heterocycles. The minimum atomic E-state index is -4.22. The van der Waals surface area contributed by atoms with Crippen LogP contribution in [0.4, 0.5) is 9.18 Å². The molecule has 0 unspecified atom stereocenters. The molecular formula is C14H19ClFNO5S. The average molecular weight is 368 g/mol. The standard InChI is InChI=1S/C14H19ClFNO5S/c1-14(2,3)22-13(18)17-12(6-7-23(19,20)21)9-4-5-11(16)10(15)8-9/h4-5,8,12H,6-7H2,1-3H3,(H,17,18)(H,19,20,21)/t12-/m0/s1. The van der Waals surface area contributed by atoms with Crippen molar-refractivity contribution < 1.29 is 26.9 Å². The van der Waals surface area contributed by atoms with Crippen LogP contribution < -0.4 is 5.32 Å². The number of carbonyl (C=O) groups excluding carboxylic acids is 1. The average Bonchev–Trinajstić information content (AvgIpc) is 2.34. The Morgan fingerprint density at radius 1 is 1.43 bits per heavy atom. The number of ether oxygens (including phenoxy) is 1. The van der Waals surface area contributed by atoms with Gasteiger partial charge in [-0.05, 0) is 44.9 Å². The van der Waals surface area contributed by atoms with Crippen molar-refractivity contribution in [2.24, 2.45) is 0 Å². The number of carbonyl (C=O) groups is 1. The lowest BCUT2D eigenvalue weighted by molar-refractivity contribution is 0.0502. The molecule has 130 valence electrons. The maximum Gasteiger partial charge on any atom is 0.408 e. The molecule has 0 radical (unpaired) electrons. The maximum atomic E-state index is 13.2. The van der Waals surface area contributed by atoms with Crippen LogP contribution in [0.3, 0.4) is 0 Å². The smallest absolute Gasteiger partial charge is 0.408 e. The van der Waals surface area contributed by atoms with Crippen molar-refractivity contribution >= 4 is 27.8 Å². The summed E-state index contributed by atoms with van der Waals surface area (Å²) in [6.07, 6.45) is -0.890. The Morgan fingerprint density at radius 3 is 2.52 bits per heavy atom. The summed E-state index contributed by atoms with van der Waals surface area (Å²) in [5.74, 6) is -1.22. The Kier molecular flexibility index (Phi) is 6.38. The van der Waals surface area contributed by atoms with Crippen molar-refractivity contribution in [2.45, 2.75) is 38.8 Å². The zero-order valence-electron chi connectivity index (χ0n) is 13.0. The fourth-order valence-corrected chi connectivity index (χ4v) is 2.49. The Balaban J connectivity index is 2.96. The normalized spacial score (nSPS) is 13.5. The highest BCUT2D eigenvalue weighted by Crippen LogP contribution is 2.24. The zero-order chi connectivity index (χ0) is 17.8. The number of nitrogens with one attached hydrogen (secondary N) is 1. The topological polar surface area (TPSA) is 92.7 Å². The molecule has 1 amide bonds. The molecule has 0 fully saturated rings. The van der Waals surface area contributed by atoms with E-state index in [2.05, 4.69) is 5.32 Å². The van der Waals surface area contributed by atoms with Crippen LogP contribution in [-0.2, 0) is 14.9 Å². The highest BCUT2D eigenvalue weighted by atomic mass is 35.5. The number of rotatable bonds is 5. The first-order chi connectivity index (χ1) is 10.4. The predicted octanol–water partition coefficient (Wildman–Crippen LogP) is 3.32. The summed E-state index contributed by atoms with van der Waals surface area (Å²) in [7, 11) is -4.22. The van der Waals surface area contributed by atoms with E-state index in [9.17, 15) is 17.6 Å². The lowest BCUT2D eigenvalue weighted by Gasteiger charge is -2.24. The second-order valence-electron chi connectivity index (χ2n) is 5.95. The van der Waals surface area contributed by atoms with Crippen molar-refractivity contribution in [3.05, 3.63) is 34.6 Å². The first kappa shape index (κ1) is 19.7. The summed E-state index contributed by atoms with van der Waals surface area (Å²) < 4.78 is 49.1. The highest BCUT2D eigenvalue weighted by molar-refractivity contribution is 7.85. The Hall–Kier alpha value is -1.38. The number of hydrogen-bond acceptors (Lipinski definition) is 4. The van der Waals surface area contributed by atoms with Crippen LogP contribution in [0.15, 0.2) is 18.2 Å². The molecule has 6 nitrogen and oxygen atoms in total. The molecule has 1 rings (SSSR count). The number of benzene rings is 1. The van der Waals surface area contributed by atoms with E-state index < -0.39 is 39.4 Å². The molecule has 0 spiro atoms. The van der Waals surface area contributed by atoms with Crippen molar-refractivity contribution in [2.75, 3.05) is 5.75 Å². The molecule has 0 saturated carbocycles. The molecule has 0 aliphatic heterocycles. The maximum absolute atomic E-state index is 13.2. The third kappa shape index (κ3) is 7.62. The Labute approximate surface area is 139 Å². The van der Waals surface area contributed by atoms with Gasteiger partial charge in [-0.15, -0.1) is 0 Å². The van der Waals surface area contributed by atoms with Gasteiger partial charge < -0.3 is 10.1 Å². The molecule has 0 heterocycles. The van der Waals surface area contributed by atoms with Crippen molar-refractivity contribution in [3.8, 4) is 0 Å². The van der Waals surface area contributed by atoms with Gasteiger partial charge in [-0.1, -0.05) is 17.7 Å². The first-order valence-corrected chi connectivity index (χ1v) is 8.76. The van der Waals surface area contributed by atoms with E-state index in [-0.39, 0.29) is 11.4 Å². The van der Waals surface area contributed by atoms with E-state index in [1.165, 1.54) is 12.1 Å². The van der Waals surface area contributed by atoms with Crippen LogP contribution in [-0.4, -0.2) is 30.4 Å². The molecule has 2 N–H and O–H groups in total. The van der Waals surface area contributed by atoms with E-state index >= 15 is 0 Å². The van der Waals surface area contributed by atoms with Gasteiger partial charge in [0.1, 0.15) is 11.4 Å². The minimum absolute atomic E-state index is 0.125. The van der Waals surface area contributed by atoms with E-state index in [0.29, 0.717) is 5.56 Å². The fraction of sp³-hybridized carbons (Fsp3) is 0.500. The summed E-state index contributed by atoms with van der Waals surface area (Å²) in [6.45, 7) is 5.03. The van der Waals surface area contributed by atoms with Crippen molar-refractivity contribution in [3.63, 3.8) is 0 Å². The van der Waals surface area contributed by atoms with Gasteiger partial charge in [0, 0.05) is 0 Å². The van der Waals surface area contributed by atoms with E-state index in [4.69, 9.17) is 20.9 Å². The largest absolute Gasteiger partial charge is 0.444 e. The van der Waals surface area contributed by atoms with Crippen LogP contribution in [0.25, 0.3) is 0 Å².